The number of piperidine rings is 1. The summed E-state index contributed by atoms with van der Waals surface area (Å²) in [5.74, 6) is -0.256. The summed E-state index contributed by atoms with van der Waals surface area (Å²) in [5.41, 5.74) is 0.855. The molecule has 0 saturated carbocycles. The molecule has 1 aliphatic rings. The van der Waals surface area contributed by atoms with E-state index >= 15 is 0 Å². The first-order chi connectivity index (χ1) is 14.4. The van der Waals surface area contributed by atoms with Crippen LogP contribution in [-0.4, -0.2) is 42.1 Å². The van der Waals surface area contributed by atoms with E-state index in [2.05, 4.69) is 20.3 Å². The highest BCUT2D eigenvalue weighted by Gasteiger charge is 2.37. The smallest absolute Gasteiger partial charge is 0.329 e. The molecule has 166 valence electrons. The molecule has 4 heterocycles. The zero-order valence-corrected chi connectivity index (χ0v) is 17.9. The predicted octanol–water partition coefficient (Wildman–Crippen LogP) is 4.44. The first-order valence-electron chi connectivity index (χ1n) is 10.3. The van der Waals surface area contributed by atoms with Crippen molar-refractivity contribution >= 4 is 11.6 Å². The van der Waals surface area contributed by atoms with Crippen LogP contribution in [0.15, 0.2) is 18.2 Å². The molecule has 0 aliphatic carbocycles. The monoisotopic (exact) mass is 434 g/mol. The molecule has 3 aromatic heterocycles. The Kier molecular flexibility index (Phi) is 5.06. The van der Waals surface area contributed by atoms with E-state index in [4.69, 9.17) is 0 Å². The van der Waals surface area contributed by atoms with Crippen LogP contribution in [0.5, 0.6) is 0 Å². The first kappa shape index (κ1) is 21.3. The Bertz CT molecular complexity index is 1120. The number of aryl methyl sites for hydroxylation is 1. The topological polar surface area (TPSA) is 79.2 Å². The molecule has 1 N–H and O–H groups in total. The molecule has 3 aromatic rings. The summed E-state index contributed by atoms with van der Waals surface area (Å²) in [7, 11) is 0. The van der Waals surface area contributed by atoms with Gasteiger partial charge in [-0.05, 0) is 38.3 Å². The lowest BCUT2D eigenvalue weighted by Gasteiger charge is -2.34. The van der Waals surface area contributed by atoms with Crippen LogP contribution in [0.1, 0.15) is 79.3 Å². The maximum atomic E-state index is 13.5. The summed E-state index contributed by atoms with van der Waals surface area (Å²) in [4.78, 5) is 19.1. The average molecular weight is 434 g/mol. The number of amides is 1. The van der Waals surface area contributed by atoms with Crippen molar-refractivity contribution in [2.45, 2.75) is 64.6 Å². The van der Waals surface area contributed by atoms with Gasteiger partial charge in [0.25, 0.3) is 5.91 Å². The molecule has 31 heavy (non-hydrogen) atoms. The fraction of sp³-hybridized carbons (Fsp3) is 0.524. The van der Waals surface area contributed by atoms with Crippen molar-refractivity contribution in [1.29, 1.82) is 0 Å². The number of nitrogens with zero attached hydrogens (tertiary/aromatic N) is 5. The number of carbonyl (C=O) groups is 1. The number of hydrogen-bond acceptors (Lipinski definition) is 4. The number of likely N-dealkylation sites (tertiary alicyclic amines) is 1. The lowest BCUT2D eigenvalue weighted by molar-refractivity contribution is -0.142. The molecule has 0 aromatic carbocycles. The Morgan fingerprint density at radius 2 is 1.90 bits per heavy atom. The van der Waals surface area contributed by atoms with E-state index in [-0.39, 0.29) is 22.7 Å². The van der Waals surface area contributed by atoms with Crippen molar-refractivity contribution in [3.8, 4) is 0 Å². The van der Waals surface area contributed by atoms with Crippen molar-refractivity contribution in [3.63, 3.8) is 0 Å². The van der Waals surface area contributed by atoms with E-state index in [0.717, 1.165) is 29.1 Å². The molecule has 0 unspecified atom stereocenters. The maximum absolute atomic E-state index is 13.5. The summed E-state index contributed by atoms with van der Waals surface area (Å²) in [6, 6.07) is 3.83. The summed E-state index contributed by atoms with van der Waals surface area (Å²) < 4.78 is 41.4. The quantitative estimate of drug-likeness (QED) is 0.647. The third-order valence-electron chi connectivity index (χ3n) is 5.57. The molecule has 10 heteroatoms. The molecule has 1 atom stereocenters. The molecule has 1 fully saturated rings. The van der Waals surface area contributed by atoms with Crippen LogP contribution < -0.4 is 0 Å². The van der Waals surface area contributed by atoms with Crippen LogP contribution in [0.25, 0.3) is 5.65 Å². The highest BCUT2D eigenvalue weighted by atomic mass is 19.4. The molecular formula is C21H25F3N6O. The molecule has 7 nitrogen and oxygen atoms in total. The van der Waals surface area contributed by atoms with Gasteiger partial charge in [0.05, 0.1) is 11.7 Å². The Hall–Kier alpha value is -2.91. The van der Waals surface area contributed by atoms with Gasteiger partial charge in [-0.25, -0.2) is 9.50 Å². The van der Waals surface area contributed by atoms with Gasteiger partial charge in [-0.3, -0.25) is 9.89 Å². The summed E-state index contributed by atoms with van der Waals surface area (Å²) in [6.45, 7) is 8.06. The number of aromatic nitrogens is 5. The minimum atomic E-state index is -4.56. The lowest BCUT2D eigenvalue weighted by atomic mass is 9.92. The van der Waals surface area contributed by atoms with Crippen molar-refractivity contribution in [2.75, 3.05) is 6.54 Å². The van der Waals surface area contributed by atoms with E-state index in [1.807, 2.05) is 20.8 Å². The molecule has 0 radical (unpaired) electrons. The second kappa shape index (κ2) is 7.35. The van der Waals surface area contributed by atoms with Crippen molar-refractivity contribution in [3.05, 3.63) is 46.7 Å². The van der Waals surface area contributed by atoms with Crippen LogP contribution in [0.2, 0.25) is 0 Å². The Morgan fingerprint density at radius 1 is 1.16 bits per heavy atom. The summed E-state index contributed by atoms with van der Waals surface area (Å²) >= 11 is 0. The minimum absolute atomic E-state index is 0.120. The van der Waals surface area contributed by atoms with E-state index in [9.17, 15) is 18.0 Å². The number of fused-ring (bicyclic) bond motifs is 1. The van der Waals surface area contributed by atoms with Gasteiger partial charge in [-0.2, -0.15) is 23.4 Å². The van der Waals surface area contributed by atoms with Crippen molar-refractivity contribution in [2.24, 2.45) is 0 Å². The fourth-order valence-corrected chi connectivity index (χ4v) is 3.93. The Balaban J connectivity index is 1.71. The number of rotatable bonds is 2. The van der Waals surface area contributed by atoms with Crippen LogP contribution >= 0.6 is 0 Å². The van der Waals surface area contributed by atoms with Crippen LogP contribution in [-0.2, 0) is 11.6 Å². The predicted molar refractivity (Wildman–Crippen MR) is 108 cm³/mol. The molecular weight excluding hydrogens is 409 g/mol. The van der Waals surface area contributed by atoms with E-state index in [1.54, 1.807) is 17.0 Å². The van der Waals surface area contributed by atoms with Gasteiger partial charge in [-0.1, -0.05) is 20.8 Å². The van der Waals surface area contributed by atoms with Gasteiger partial charge >= 0.3 is 6.18 Å². The molecule has 1 aliphatic heterocycles. The van der Waals surface area contributed by atoms with E-state index in [0.29, 0.717) is 24.4 Å². The van der Waals surface area contributed by atoms with Gasteiger partial charge in [0, 0.05) is 29.4 Å². The fourth-order valence-electron chi connectivity index (χ4n) is 3.93. The van der Waals surface area contributed by atoms with Crippen molar-refractivity contribution < 1.29 is 18.0 Å². The van der Waals surface area contributed by atoms with Gasteiger partial charge in [0.2, 0.25) is 0 Å². The average Bonchev–Trinajstić information content (AvgIpc) is 3.33. The molecule has 1 saturated heterocycles. The summed E-state index contributed by atoms with van der Waals surface area (Å²) in [5, 5.41) is 11.3. The maximum Gasteiger partial charge on any atom is 0.433 e. The highest BCUT2D eigenvalue weighted by Crippen LogP contribution is 2.34. The van der Waals surface area contributed by atoms with Crippen LogP contribution in [0.4, 0.5) is 13.2 Å². The summed E-state index contributed by atoms with van der Waals surface area (Å²) in [6.07, 6.45) is -2.27. The minimum Gasteiger partial charge on any atom is -0.329 e. The van der Waals surface area contributed by atoms with Gasteiger partial charge in [0.15, 0.2) is 5.65 Å². The number of nitrogens with one attached hydrogen (secondary N) is 1. The zero-order chi connectivity index (χ0) is 22.6. The number of H-pyrrole nitrogens is 1. The SMILES string of the molecule is Cc1cc(C(F)(F)F)n2nc([C@@H]3CCCCN3C(=O)c3cc(C(C)(C)C)[nH]n3)cc2n1. The second-order valence-electron chi connectivity index (χ2n) is 9.05. The Morgan fingerprint density at radius 3 is 2.55 bits per heavy atom. The van der Waals surface area contributed by atoms with Crippen LogP contribution in [0.3, 0.4) is 0 Å². The number of aromatic amines is 1. The van der Waals surface area contributed by atoms with Crippen molar-refractivity contribution in [1.82, 2.24) is 29.7 Å². The zero-order valence-electron chi connectivity index (χ0n) is 17.9. The third-order valence-corrected chi connectivity index (χ3v) is 5.57. The van der Waals surface area contributed by atoms with E-state index in [1.165, 1.54) is 6.92 Å². The molecule has 0 bridgehead atoms. The van der Waals surface area contributed by atoms with E-state index < -0.39 is 17.9 Å². The second-order valence-corrected chi connectivity index (χ2v) is 9.05. The van der Waals surface area contributed by atoms with Gasteiger partial charge in [0.1, 0.15) is 11.4 Å². The third kappa shape index (κ3) is 4.03. The molecule has 4 rings (SSSR count). The first-order valence-corrected chi connectivity index (χ1v) is 10.3. The number of hydrogen-bond donors (Lipinski definition) is 1. The normalized spacial score (nSPS) is 18.0. The lowest BCUT2D eigenvalue weighted by Crippen LogP contribution is -2.39. The Labute approximate surface area is 177 Å². The number of alkyl halides is 3. The highest BCUT2D eigenvalue weighted by molar-refractivity contribution is 5.92. The molecule has 0 spiro atoms. The molecule has 1 amide bonds. The number of halogens is 3. The standard InChI is InChI=1S/C21H25F3N6O/c1-12-9-17(21(22,23)24)30-18(25-12)11-13(28-30)15-7-5-6-8-29(15)19(31)14-10-16(27-26-14)20(2,3)4/h9-11,15H,5-8H2,1-4H3,(H,26,27)/t15-/m0/s1. The van der Waals surface area contributed by atoms with Gasteiger partial charge in [-0.15, -0.1) is 0 Å². The largest absolute Gasteiger partial charge is 0.433 e. The van der Waals surface area contributed by atoms with Gasteiger partial charge < -0.3 is 4.90 Å². The number of carbonyl (C=O) groups excluding carboxylic acids is 1. The van der Waals surface area contributed by atoms with Crippen LogP contribution in [0, 0.1) is 6.92 Å².